The van der Waals surface area contributed by atoms with Crippen LogP contribution in [-0.2, 0) is 14.8 Å². The second-order valence-corrected chi connectivity index (χ2v) is 6.76. The lowest BCUT2D eigenvalue weighted by molar-refractivity contribution is -0.0287. The van der Waals surface area contributed by atoms with Gasteiger partial charge in [-0.15, -0.1) is 0 Å². The molecule has 1 aromatic rings. The molecule has 1 aromatic carbocycles. The molecule has 0 saturated carbocycles. The standard InChI is InChI=1S/C13H19NO3S/c1-3-18(15,16)14-9-13(17-10-11(14)2)12-7-5-4-6-8-12/h4-8,11,13H,3,9-10H2,1-2H3. The van der Waals surface area contributed by atoms with Crippen molar-refractivity contribution in [3.05, 3.63) is 35.9 Å². The number of nitrogens with zero attached hydrogens (tertiary/aromatic N) is 1. The Bertz CT molecular complexity index is 486. The molecule has 1 aliphatic heterocycles. The number of morpholine rings is 1. The Morgan fingerprint density at radius 3 is 2.61 bits per heavy atom. The number of hydrogen-bond acceptors (Lipinski definition) is 3. The van der Waals surface area contributed by atoms with E-state index in [1.165, 1.54) is 0 Å². The third-order valence-corrected chi connectivity index (χ3v) is 5.22. The van der Waals surface area contributed by atoms with Crippen molar-refractivity contribution in [1.29, 1.82) is 0 Å². The van der Waals surface area contributed by atoms with Crippen molar-refractivity contribution in [2.45, 2.75) is 26.0 Å². The summed E-state index contributed by atoms with van der Waals surface area (Å²) in [5.74, 6) is 0.138. The van der Waals surface area contributed by atoms with E-state index in [-0.39, 0.29) is 17.9 Å². The number of ether oxygens (including phenoxy) is 1. The van der Waals surface area contributed by atoms with Crippen LogP contribution in [0.25, 0.3) is 0 Å². The first-order valence-electron chi connectivity index (χ1n) is 6.20. The van der Waals surface area contributed by atoms with Crippen molar-refractivity contribution in [3.63, 3.8) is 0 Å². The minimum absolute atomic E-state index is 0.0880. The van der Waals surface area contributed by atoms with E-state index in [1.54, 1.807) is 11.2 Å². The quantitative estimate of drug-likeness (QED) is 0.840. The molecule has 18 heavy (non-hydrogen) atoms. The highest BCUT2D eigenvalue weighted by molar-refractivity contribution is 7.89. The number of benzene rings is 1. The number of sulfonamides is 1. The third kappa shape index (κ3) is 2.74. The molecule has 0 N–H and O–H groups in total. The monoisotopic (exact) mass is 269 g/mol. The maximum Gasteiger partial charge on any atom is 0.214 e. The molecule has 1 saturated heterocycles. The van der Waals surface area contributed by atoms with E-state index in [1.807, 2.05) is 37.3 Å². The summed E-state index contributed by atoms with van der Waals surface area (Å²) in [5.41, 5.74) is 1.03. The zero-order valence-corrected chi connectivity index (χ0v) is 11.6. The molecule has 0 bridgehead atoms. The Labute approximate surface area is 109 Å². The molecule has 0 amide bonds. The van der Waals surface area contributed by atoms with E-state index in [2.05, 4.69) is 0 Å². The third-order valence-electron chi connectivity index (χ3n) is 3.27. The Kier molecular flexibility index (Phi) is 4.04. The molecule has 2 atom stereocenters. The maximum absolute atomic E-state index is 12.0. The molecule has 5 heteroatoms. The van der Waals surface area contributed by atoms with Crippen LogP contribution in [0, 0.1) is 0 Å². The van der Waals surface area contributed by atoms with Crippen molar-refractivity contribution in [2.24, 2.45) is 0 Å². The van der Waals surface area contributed by atoms with Crippen LogP contribution in [0.1, 0.15) is 25.5 Å². The fourth-order valence-electron chi connectivity index (χ4n) is 2.16. The van der Waals surface area contributed by atoms with Gasteiger partial charge in [0.15, 0.2) is 0 Å². The smallest absolute Gasteiger partial charge is 0.214 e. The van der Waals surface area contributed by atoms with Crippen molar-refractivity contribution in [2.75, 3.05) is 18.9 Å². The number of rotatable bonds is 3. The summed E-state index contributed by atoms with van der Waals surface area (Å²) in [6.45, 7) is 4.41. The fourth-order valence-corrected chi connectivity index (χ4v) is 3.46. The summed E-state index contributed by atoms with van der Waals surface area (Å²) < 4.78 is 31.3. The van der Waals surface area contributed by atoms with Crippen LogP contribution in [-0.4, -0.2) is 37.7 Å². The predicted octanol–water partition coefficient (Wildman–Crippen LogP) is 1.80. The van der Waals surface area contributed by atoms with Crippen molar-refractivity contribution >= 4 is 10.0 Å². The van der Waals surface area contributed by atoms with Crippen LogP contribution in [0.4, 0.5) is 0 Å². The van der Waals surface area contributed by atoms with Crippen LogP contribution in [0.3, 0.4) is 0 Å². The first kappa shape index (κ1) is 13.5. The van der Waals surface area contributed by atoms with Gasteiger partial charge in [-0.25, -0.2) is 8.42 Å². The van der Waals surface area contributed by atoms with Crippen molar-refractivity contribution in [1.82, 2.24) is 4.31 Å². The van der Waals surface area contributed by atoms with E-state index in [0.29, 0.717) is 13.2 Å². The molecule has 0 aliphatic carbocycles. The molecule has 100 valence electrons. The summed E-state index contributed by atoms with van der Waals surface area (Å²) in [6.07, 6.45) is -0.163. The summed E-state index contributed by atoms with van der Waals surface area (Å²) in [7, 11) is -3.16. The van der Waals surface area contributed by atoms with Gasteiger partial charge in [0, 0.05) is 12.6 Å². The van der Waals surface area contributed by atoms with Gasteiger partial charge in [0.25, 0.3) is 0 Å². The molecule has 0 radical (unpaired) electrons. The molecule has 4 nitrogen and oxygen atoms in total. The van der Waals surface area contributed by atoms with Crippen LogP contribution in [0.2, 0.25) is 0 Å². The highest BCUT2D eigenvalue weighted by atomic mass is 32.2. The van der Waals surface area contributed by atoms with Gasteiger partial charge in [-0.2, -0.15) is 4.31 Å². The molecule has 2 rings (SSSR count). The van der Waals surface area contributed by atoms with E-state index < -0.39 is 10.0 Å². The molecular formula is C13H19NO3S. The van der Waals surface area contributed by atoms with Gasteiger partial charge < -0.3 is 4.74 Å². The van der Waals surface area contributed by atoms with E-state index in [4.69, 9.17) is 4.74 Å². The van der Waals surface area contributed by atoms with Gasteiger partial charge in [0.2, 0.25) is 10.0 Å². The van der Waals surface area contributed by atoms with Gasteiger partial charge in [0.05, 0.1) is 18.5 Å². The highest BCUT2D eigenvalue weighted by Gasteiger charge is 2.33. The predicted molar refractivity (Wildman–Crippen MR) is 70.8 cm³/mol. The van der Waals surface area contributed by atoms with E-state index in [9.17, 15) is 8.42 Å². The molecule has 1 heterocycles. The average molecular weight is 269 g/mol. The number of hydrogen-bond donors (Lipinski definition) is 0. The minimum atomic E-state index is -3.16. The zero-order valence-electron chi connectivity index (χ0n) is 10.7. The van der Waals surface area contributed by atoms with Gasteiger partial charge >= 0.3 is 0 Å². The van der Waals surface area contributed by atoms with Gasteiger partial charge in [0.1, 0.15) is 0 Å². The topological polar surface area (TPSA) is 46.6 Å². The molecular weight excluding hydrogens is 250 g/mol. The van der Waals surface area contributed by atoms with Crippen molar-refractivity contribution in [3.8, 4) is 0 Å². The maximum atomic E-state index is 12.0. The lowest BCUT2D eigenvalue weighted by Gasteiger charge is -2.37. The molecule has 1 aliphatic rings. The second-order valence-electron chi connectivity index (χ2n) is 4.55. The Hall–Kier alpha value is -0.910. The molecule has 2 unspecified atom stereocenters. The fraction of sp³-hybridized carbons (Fsp3) is 0.538. The normalized spacial score (nSPS) is 26.1. The minimum Gasteiger partial charge on any atom is -0.370 e. The van der Waals surface area contributed by atoms with Gasteiger partial charge in [-0.1, -0.05) is 30.3 Å². The van der Waals surface area contributed by atoms with Crippen LogP contribution in [0.5, 0.6) is 0 Å². The highest BCUT2D eigenvalue weighted by Crippen LogP contribution is 2.26. The summed E-state index contributed by atoms with van der Waals surface area (Å²) in [4.78, 5) is 0. The second kappa shape index (κ2) is 5.38. The summed E-state index contributed by atoms with van der Waals surface area (Å²) in [6, 6.07) is 9.67. The van der Waals surface area contributed by atoms with Gasteiger partial charge in [-0.3, -0.25) is 0 Å². The van der Waals surface area contributed by atoms with Crippen LogP contribution < -0.4 is 0 Å². The molecule has 0 aromatic heterocycles. The van der Waals surface area contributed by atoms with E-state index >= 15 is 0 Å². The summed E-state index contributed by atoms with van der Waals surface area (Å²) >= 11 is 0. The Balaban J connectivity index is 2.19. The Morgan fingerprint density at radius 2 is 2.00 bits per heavy atom. The summed E-state index contributed by atoms with van der Waals surface area (Å²) in [5, 5.41) is 0. The van der Waals surface area contributed by atoms with Gasteiger partial charge in [-0.05, 0) is 19.4 Å². The van der Waals surface area contributed by atoms with Crippen molar-refractivity contribution < 1.29 is 13.2 Å². The first-order valence-corrected chi connectivity index (χ1v) is 7.81. The molecule has 1 fully saturated rings. The van der Waals surface area contributed by atoms with E-state index in [0.717, 1.165) is 5.56 Å². The first-order chi connectivity index (χ1) is 8.54. The lowest BCUT2D eigenvalue weighted by atomic mass is 10.1. The Morgan fingerprint density at radius 1 is 1.33 bits per heavy atom. The largest absolute Gasteiger partial charge is 0.370 e. The molecule has 0 spiro atoms. The lowest BCUT2D eigenvalue weighted by Crippen LogP contribution is -2.48. The van der Waals surface area contributed by atoms with Crippen LogP contribution in [0.15, 0.2) is 30.3 Å². The van der Waals surface area contributed by atoms with Crippen LogP contribution >= 0.6 is 0 Å². The zero-order chi connectivity index (χ0) is 13.2. The SMILES string of the molecule is CCS(=O)(=O)N1CC(c2ccccc2)OCC1C. The average Bonchev–Trinajstić information content (AvgIpc) is 2.40.